The van der Waals surface area contributed by atoms with Gasteiger partial charge in [0.25, 0.3) is 0 Å². The summed E-state index contributed by atoms with van der Waals surface area (Å²) in [4.78, 5) is 10.8. The molecule has 8 aromatic carbocycles. The van der Waals surface area contributed by atoms with E-state index in [1.54, 1.807) is 0 Å². The van der Waals surface area contributed by atoms with E-state index in [1.165, 1.54) is 33.4 Å². The molecule has 0 amide bonds. The van der Waals surface area contributed by atoms with E-state index in [0.29, 0.717) is 5.82 Å². The van der Waals surface area contributed by atoms with Crippen LogP contribution in [0.3, 0.4) is 0 Å². The van der Waals surface area contributed by atoms with Gasteiger partial charge in [0.2, 0.25) is 0 Å². The lowest BCUT2D eigenvalue weighted by molar-refractivity contribution is 0.668. The first-order valence-electron chi connectivity index (χ1n) is 19.3. The number of fused-ring (bicyclic) bond motifs is 9. The summed E-state index contributed by atoms with van der Waals surface area (Å²) < 4.78 is 13.0. The van der Waals surface area contributed by atoms with Crippen LogP contribution < -0.4 is 0 Å². The Kier molecular flexibility index (Phi) is 6.81. The van der Waals surface area contributed by atoms with E-state index in [4.69, 9.17) is 18.8 Å². The minimum atomic E-state index is -0.532. The van der Waals surface area contributed by atoms with Crippen LogP contribution in [0.15, 0.2) is 203 Å². The molecule has 0 saturated heterocycles. The van der Waals surface area contributed by atoms with Gasteiger partial charge in [0.1, 0.15) is 22.3 Å². The second kappa shape index (κ2) is 12.2. The van der Waals surface area contributed by atoms with Gasteiger partial charge < -0.3 is 8.83 Å². The molecule has 1 aliphatic carbocycles. The highest BCUT2D eigenvalue weighted by molar-refractivity contribution is 6.10. The molecule has 0 saturated carbocycles. The quantitative estimate of drug-likeness (QED) is 0.177. The standard InChI is InChI=1S/C53H32N2O2/c1-3-15-34(16-4-1)53(35-17-5-2-6-18-35)43-25-10-7-21-40(43)50-41(23-14-26-44(50)53)45-32-46(42-24-13-22-39-37-20-9-12-28-48(37)57-51(39)42)55-52(54-45)33-29-30-38-36-19-8-11-27-47(36)56-49(38)31-33/h1-32H. The van der Waals surface area contributed by atoms with Crippen molar-refractivity contribution in [3.05, 3.63) is 216 Å². The predicted octanol–water partition coefficient (Wildman–Crippen LogP) is 13.6. The van der Waals surface area contributed by atoms with E-state index in [0.717, 1.165) is 72.0 Å². The van der Waals surface area contributed by atoms with Gasteiger partial charge in [0.05, 0.1) is 16.8 Å². The van der Waals surface area contributed by atoms with Crippen LogP contribution in [0.4, 0.5) is 0 Å². The summed E-state index contributed by atoms with van der Waals surface area (Å²) in [7, 11) is 0. The van der Waals surface area contributed by atoms with Crippen molar-refractivity contribution in [2.24, 2.45) is 0 Å². The Bertz CT molecular complexity index is 3320. The number of rotatable bonds is 5. The minimum Gasteiger partial charge on any atom is -0.456 e. The Morgan fingerprint density at radius 3 is 1.68 bits per heavy atom. The zero-order chi connectivity index (χ0) is 37.5. The van der Waals surface area contributed by atoms with Crippen molar-refractivity contribution < 1.29 is 8.83 Å². The normalized spacial score (nSPS) is 13.1. The number of benzene rings is 8. The van der Waals surface area contributed by atoms with Gasteiger partial charge in [0.15, 0.2) is 5.82 Å². The van der Waals surface area contributed by atoms with Crippen molar-refractivity contribution >= 4 is 43.9 Å². The van der Waals surface area contributed by atoms with E-state index in [2.05, 4.69) is 164 Å². The van der Waals surface area contributed by atoms with E-state index >= 15 is 0 Å². The van der Waals surface area contributed by atoms with Crippen LogP contribution in [0.2, 0.25) is 0 Å². The highest BCUT2D eigenvalue weighted by Gasteiger charge is 2.46. The fourth-order valence-electron chi connectivity index (χ4n) is 9.37. The lowest BCUT2D eigenvalue weighted by Gasteiger charge is -2.33. The third kappa shape index (κ3) is 4.62. The second-order valence-electron chi connectivity index (χ2n) is 14.8. The summed E-state index contributed by atoms with van der Waals surface area (Å²) in [6.07, 6.45) is 0. The lowest BCUT2D eigenvalue weighted by Crippen LogP contribution is -2.28. The zero-order valence-corrected chi connectivity index (χ0v) is 30.7. The van der Waals surface area contributed by atoms with Crippen LogP contribution in [-0.4, -0.2) is 9.97 Å². The van der Waals surface area contributed by atoms with Crippen molar-refractivity contribution in [2.45, 2.75) is 5.41 Å². The number of furan rings is 2. The van der Waals surface area contributed by atoms with E-state index in [1.807, 2.05) is 30.3 Å². The molecule has 57 heavy (non-hydrogen) atoms. The molecule has 3 heterocycles. The third-order valence-corrected chi connectivity index (χ3v) is 11.8. The van der Waals surface area contributed by atoms with Gasteiger partial charge in [-0.25, -0.2) is 9.97 Å². The first kappa shape index (κ1) is 31.8. The van der Waals surface area contributed by atoms with Crippen molar-refractivity contribution in [2.75, 3.05) is 0 Å². The molecular weight excluding hydrogens is 697 g/mol. The molecule has 0 radical (unpaired) electrons. The smallest absolute Gasteiger partial charge is 0.160 e. The van der Waals surface area contributed by atoms with E-state index < -0.39 is 5.41 Å². The molecule has 12 rings (SSSR count). The SMILES string of the molecule is c1ccc(C2(c3ccccc3)c3ccccc3-c3c(-c4cc(-c5cccc6c5oc5ccccc56)nc(-c5ccc6c(c5)oc5ccccc56)n4)cccc32)cc1. The van der Waals surface area contributed by atoms with Gasteiger partial charge in [-0.2, -0.15) is 0 Å². The number of nitrogens with zero attached hydrogens (tertiary/aromatic N) is 2. The topological polar surface area (TPSA) is 52.1 Å². The summed E-state index contributed by atoms with van der Waals surface area (Å²) in [5, 5.41) is 4.28. The van der Waals surface area contributed by atoms with E-state index in [-0.39, 0.29) is 0 Å². The molecule has 1 aliphatic rings. The van der Waals surface area contributed by atoms with Crippen LogP contribution in [0, 0.1) is 0 Å². The van der Waals surface area contributed by atoms with Crippen molar-refractivity contribution in [1.29, 1.82) is 0 Å². The Balaban J connectivity index is 1.15. The number of hydrogen-bond acceptors (Lipinski definition) is 4. The number of aromatic nitrogens is 2. The molecule has 0 fully saturated rings. The Morgan fingerprint density at radius 1 is 0.368 bits per heavy atom. The van der Waals surface area contributed by atoms with Gasteiger partial charge >= 0.3 is 0 Å². The average molecular weight is 729 g/mol. The van der Waals surface area contributed by atoms with Gasteiger partial charge in [0, 0.05) is 38.2 Å². The summed E-state index contributed by atoms with van der Waals surface area (Å²) in [6, 6.07) is 68.5. The van der Waals surface area contributed by atoms with Crippen molar-refractivity contribution in [1.82, 2.24) is 9.97 Å². The first-order chi connectivity index (χ1) is 28.3. The van der Waals surface area contributed by atoms with Crippen LogP contribution in [0.5, 0.6) is 0 Å². The van der Waals surface area contributed by atoms with Gasteiger partial charge in [-0.1, -0.05) is 158 Å². The van der Waals surface area contributed by atoms with Crippen LogP contribution >= 0.6 is 0 Å². The average Bonchev–Trinajstić information content (AvgIpc) is 3.95. The summed E-state index contributed by atoms with van der Waals surface area (Å²) in [6.45, 7) is 0. The molecule has 0 aliphatic heterocycles. The molecule has 3 aromatic heterocycles. The summed E-state index contributed by atoms with van der Waals surface area (Å²) >= 11 is 0. The molecule has 0 unspecified atom stereocenters. The Hall–Kier alpha value is -7.56. The molecule has 0 atom stereocenters. The molecule has 0 spiro atoms. The van der Waals surface area contributed by atoms with Gasteiger partial charge in [-0.05, 0) is 69.8 Å². The van der Waals surface area contributed by atoms with E-state index in [9.17, 15) is 0 Å². The van der Waals surface area contributed by atoms with Gasteiger partial charge in [-0.3, -0.25) is 0 Å². The van der Waals surface area contributed by atoms with Crippen LogP contribution in [0.25, 0.3) is 88.9 Å². The van der Waals surface area contributed by atoms with Gasteiger partial charge in [-0.15, -0.1) is 0 Å². The fourth-order valence-corrected chi connectivity index (χ4v) is 9.37. The predicted molar refractivity (Wildman–Crippen MR) is 230 cm³/mol. The largest absolute Gasteiger partial charge is 0.456 e. The molecular formula is C53H32N2O2. The summed E-state index contributed by atoms with van der Waals surface area (Å²) in [5.74, 6) is 0.610. The highest BCUT2D eigenvalue weighted by atomic mass is 16.3. The molecule has 4 heteroatoms. The Morgan fingerprint density at radius 2 is 0.912 bits per heavy atom. The third-order valence-electron chi connectivity index (χ3n) is 11.8. The second-order valence-corrected chi connectivity index (χ2v) is 14.8. The monoisotopic (exact) mass is 728 g/mol. The minimum absolute atomic E-state index is 0.532. The van der Waals surface area contributed by atoms with Crippen LogP contribution in [-0.2, 0) is 5.41 Å². The molecule has 4 nitrogen and oxygen atoms in total. The number of hydrogen-bond donors (Lipinski definition) is 0. The Labute approximate surface area is 328 Å². The molecule has 0 bridgehead atoms. The highest BCUT2D eigenvalue weighted by Crippen LogP contribution is 2.58. The molecule has 266 valence electrons. The maximum atomic E-state index is 6.59. The first-order valence-corrected chi connectivity index (χ1v) is 19.3. The molecule has 0 N–H and O–H groups in total. The molecule has 11 aromatic rings. The van der Waals surface area contributed by atoms with Crippen molar-refractivity contribution in [3.63, 3.8) is 0 Å². The van der Waals surface area contributed by atoms with Crippen molar-refractivity contribution in [3.8, 4) is 45.0 Å². The van der Waals surface area contributed by atoms with Crippen LogP contribution in [0.1, 0.15) is 22.3 Å². The maximum Gasteiger partial charge on any atom is 0.160 e. The zero-order valence-electron chi connectivity index (χ0n) is 30.7. The number of para-hydroxylation sites is 3. The summed E-state index contributed by atoms with van der Waals surface area (Å²) in [5.41, 5.74) is 14.5. The lowest BCUT2D eigenvalue weighted by atomic mass is 9.67. The maximum absolute atomic E-state index is 6.59. The fraction of sp³-hybridized carbons (Fsp3) is 0.0189.